The third kappa shape index (κ3) is 7.74. The Morgan fingerprint density at radius 3 is 1.67 bits per heavy atom. The third-order valence-corrected chi connectivity index (χ3v) is 1.09. The lowest BCUT2D eigenvalue weighted by Gasteiger charge is -2.01. The maximum absolute atomic E-state index is 11.1. The summed E-state index contributed by atoms with van der Waals surface area (Å²) in [4.78, 5) is 0. The second-order valence-electron chi connectivity index (χ2n) is 1.42. The molecule has 0 spiro atoms. The first-order valence-electron chi connectivity index (χ1n) is 1.78. The van der Waals surface area contributed by atoms with Gasteiger partial charge in [0.1, 0.15) is 5.75 Å². The number of hydrogen-bond acceptors (Lipinski definition) is 2. The topological polar surface area (TPSA) is 34.1 Å². The molecule has 0 atom stereocenters. The predicted molar refractivity (Wildman–Crippen MR) is 24.1 cm³/mol. The van der Waals surface area contributed by atoms with Gasteiger partial charge in [0.2, 0.25) is 0 Å². The van der Waals surface area contributed by atoms with E-state index in [1.165, 1.54) is 0 Å². The fourth-order valence-electron chi connectivity index (χ4n) is 0.228. The Hall–Kier alpha value is -0.260. The predicted octanol–water partition coefficient (Wildman–Crippen LogP) is 0.632. The van der Waals surface area contributed by atoms with Crippen LogP contribution in [0.15, 0.2) is 0 Å². The zero-order valence-corrected chi connectivity index (χ0v) is 4.96. The lowest BCUT2D eigenvalue weighted by Crippen LogP contribution is -2.20. The first-order valence-corrected chi connectivity index (χ1v) is 3.49. The van der Waals surface area contributed by atoms with Crippen molar-refractivity contribution in [2.75, 3.05) is 5.75 Å². The van der Waals surface area contributed by atoms with Crippen LogP contribution in [0, 0.1) is 6.26 Å². The average molecular weight is 160 g/mol. The molecule has 0 aliphatic heterocycles. The maximum atomic E-state index is 11.1. The maximum Gasteiger partial charge on any atom is 0.402 e. The minimum atomic E-state index is -4.73. The van der Waals surface area contributed by atoms with Gasteiger partial charge < -0.3 is 0 Å². The number of sulfone groups is 1. The summed E-state index contributed by atoms with van der Waals surface area (Å²) in [5.74, 6) is -1.96. The molecule has 0 aliphatic rings. The summed E-state index contributed by atoms with van der Waals surface area (Å²) in [7, 11) is -4.41. The normalized spacial score (nSPS) is 13.8. The summed E-state index contributed by atoms with van der Waals surface area (Å²) in [6, 6.07) is 0. The Kier molecular flexibility index (Phi) is 2.10. The van der Waals surface area contributed by atoms with Crippen LogP contribution in [0.5, 0.6) is 0 Å². The van der Waals surface area contributed by atoms with Crippen molar-refractivity contribution in [1.82, 2.24) is 0 Å². The van der Waals surface area contributed by atoms with Crippen LogP contribution in [0.3, 0.4) is 0 Å². The first-order chi connectivity index (χ1) is 3.71. The second-order valence-corrected chi connectivity index (χ2v) is 3.04. The number of alkyl halides is 3. The number of halogens is 3. The molecule has 54 valence electrons. The quantitative estimate of drug-likeness (QED) is 0.563. The minimum Gasteiger partial charge on any atom is -0.228 e. The largest absolute Gasteiger partial charge is 0.402 e. The molecule has 2 nitrogen and oxygen atoms in total. The molecule has 2 radical (unpaired) electrons. The van der Waals surface area contributed by atoms with E-state index in [9.17, 15) is 21.6 Å². The molecule has 0 heterocycles. The van der Waals surface area contributed by atoms with Crippen molar-refractivity contribution in [3.63, 3.8) is 0 Å². The molecule has 6 heteroatoms. The smallest absolute Gasteiger partial charge is 0.228 e. The van der Waals surface area contributed by atoms with Gasteiger partial charge in [-0.25, -0.2) is 8.42 Å². The molecule has 0 aromatic heterocycles. The standard InChI is InChI=1S/C3H3F3O2S/c1-9(7,8)2-3(4,5)6/h1H,2H2. The van der Waals surface area contributed by atoms with Gasteiger partial charge in [-0.1, -0.05) is 0 Å². The highest BCUT2D eigenvalue weighted by molar-refractivity contribution is 7.92. The van der Waals surface area contributed by atoms with Crippen molar-refractivity contribution >= 4 is 9.84 Å². The van der Waals surface area contributed by atoms with Crippen LogP contribution < -0.4 is 0 Å². The highest BCUT2D eigenvalue weighted by atomic mass is 32.2. The summed E-state index contributed by atoms with van der Waals surface area (Å²) in [6.45, 7) is 0. The number of rotatable bonds is 1. The monoisotopic (exact) mass is 160 g/mol. The molecule has 9 heavy (non-hydrogen) atoms. The van der Waals surface area contributed by atoms with Crippen molar-refractivity contribution < 1.29 is 21.6 Å². The van der Waals surface area contributed by atoms with Crippen molar-refractivity contribution in [2.45, 2.75) is 6.18 Å². The Morgan fingerprint density at radius 1 is 1.33 bits per heavy atom. The fraction of sp³-hybridized carbons (Fsp3) is 0.667. The van der Waals surface area contributed by atoms with Gasteiger partial charge in [-0.15, -0.1) is 0 Å². The van der Waals surface area contributed by atoms with E-state index in [0.717, 1.165) is 0 Å². The van der Waals surface area contributed by atoms with Crippen LogP contribution in [0.4, 0.5) is 13.2 Å². The van der Waals surface area contributed by atoms with Gasteiger partial charge >= 0.3 is 6.18 Å². The van der Waals surface area contributed by atoms with E-state index in [-0.39, 0.29) is 0 Å². The summed E-state index contributed by atoms with van der Waals surface area (Å²) < 4.78 is 52.7. The Morgan fingerprint density at radius 2 is 1.67 bits per heavy atom. The van der Waals surface area contributed by atoms with Gasteiger partial charge in [-0.3, -0.25) is 0 Å². The molecule has 0 N–H and O–H groups in total. The van der Waals surface area contributed by atoms with Crippen LogP contribution >= 0.6 is 0 Å². The van der Waals surface area contributed by atoms with E-state index in [2.05, 4.69) is 6.26 Å². The van der Waals surface area contributed by atoms with Crippen LogP contribution in [0.1, 0.15) is 0 Å². The van der Waals surface area contributed by atoms with Gasteiger partial charge in [-0.05, 0) is 0 Å². The molecule has 0 aromatic carbocycles. The van der Waals surface area contributed by atoms with Crippen molar-refractivity contribution in [3.8, 4) is 0 Å². The third-order valence-electron chi connectivity index (χ3n) is 0.365. The minimum absolute atomic E-state index is 1.96. The van der Waals surface area contributed by atoms with E-state index >= 15 is 0 Å². The highest BCUT2D eigenvalue weighted by Crippen LogP contribution is 2.16. The highest BCUT2D eigenvalue weighted by Gasteiger charge is 2.32. The fourth-order valence-corrected chi connectivity index (χ4v) is 0.684. The Labute approximate surface area is 50.6 Å². The zero-order valence-electron chi connectivity index (χ0n) is 4.14. The van der Waals surface area contributed by atoms with E-state index in [4.69, 9.17) is 0 Å². The van der Waals surface area contributed by atoms with Gasteiger partial charge in [-0.2, -0.15) is 13.2 Å². The van der Waals surface area contributed by atoms with Gasteiger partial charge in [0.25, 0.3) is 0 Å². The van der Waals surface area contributed by atoms with Crippen LogP contribution in [-0.2, 0) is 9.84 Å². The van der Waals surface area contributed by atoms with E-state index < -0.39 is 21.8 Å². The van der Waals surface area contributed by atoms with E-state index in [1.54, 1.807) is 0 Å². The van der Waals surface area contributed by atoms with Crippen molar-refractivity contribution in [1.29, 1.82) is 0 Å². The van der Waals surface area contributed by atoms with Crippen molar-refractivity contribution in [2.24, 2.45) is 0 Å². The molecule has 0 unspecified atom stereocenters. The van der Waals surface area contributed by atoms with Crippen LogP contribution in [-0.4, -0.2) is 20.3 Å². The number of hydrogen-bond donors (Lipinski definition) is 0. The van der Waals surface area contributed by atoms with Gasteiger partial charge in [0.05, 0.1) is 6.26 Å². The molecule has 0 bridgehead atoms. The van der Waals surface area contributed by atoms with Gasteiger partial charge in [0.15, 0.2) is 9.84 Å². The summed E-state index contributed by atoms with van der Waals surface area (Å²) in [6.07, 6.45) is -0.655. The first kappa shape index (κ1) is 8.74. The van der Waals surface area contributed by atoms with E-state index in [0.29, 0.717) is 0 Å². The Bertz CT molecular complexity index is 178. The summed E-state index contributed by atoms with van der Waals surface area (Å²) in [5.41, 5.74) is 0. The second kappa shape index (κ2) is 2.17. The lowest BCUT2D eigenvalue weighted by molar-refractivity contribution is -0.106. The molecular formula is C3H3F3O2S. The molecule has 0 saturated carbocycles. The van der Waals surface area contributed by atoms with Crippen molar-refractivity contribution in [3.05, 3.63) is 6.26 Å². The Balaban J connectivity index is 4.07. The average Bonchev–Trinajstić information content (AvgIpc) is 1.14. The molecule has 0 saturated heterocycles. The molecule has 0 aromatic rings. The molecule has 0 rings (SSSR count). The summed E-state index contributed by atoms with van der Waals surface area (Å²) >= 11 is 0. The van der Waals surface area contributed by atoms with E-state index in [1.807, 2.05) is 0 Å². The lowest BCUT2D eigenvalue weighted by atomic mass is 10.8. The molecular weight excluding hydrogens is 157 g/mol. The van der Waals surface area contributed by atoms with Crippen LogP contribution in [0.25, 0.3) is 0 Å². The van der Waals surface area contributed by atoms with Gasteiger partial charge in [0, 0.05) is 0 Å². The zero-order chi connectivity index (χ0) is 7.71. The molecule has 0 amide bonds. The summed E-state index contributed by atoms with van der Waals surface area (Å²) in [5, 5.41) is 0. The SMILES string of the molecule is [CH]S(=O)(=O)CC(F)(F)F. The molecule has 0 aliphatic carbocycles. The van der Waals surface area contributed by atoms with Crippen LogP contribution in [0.2, 0.25) is 0 Å². The molecule has 0 fully saturated rings.